The summed E-state index contributed by atoms with van der Waals surface area (Å²) in [7, 11) is 12.6. The summed E-state index contributed by atoms with van der Waals surface area (Å²) in [6.07, 6.45) is 7.72. The van der Waals surface area contributed by atoms with Crippen LogP contribution in [0.5, 0.6) is 34.5 Å². The van der Waals surface area contributed by atoms with Crippen LogP contribution < -0.4 is 10.9 Å². The van der Waals surface area contributed by atoms with E-state index in [0.29, 0.717) is 33.1 Å². The van der Waals surface area contributed by atoms with Crippen molar-refractivity contribution in [3.05, 3.63) is 103 Å². The fourth-order valence-corrected chi connectivity index (χ4v) is 7.02. The molecular formula is C41H26B2O7. The molecule has 238 valence electrons. The molecule has 8 aromatic rings. The second-order valence-corrected chi connectivity index (χ2v) is 12.1. The van der Waals surface area contributed by atoms with Crippen LogP contribution in [0.2, 0.25) is 0 Å². The van der Waals surface area contributed by atoms with Gasteiger partial charge in [0.1, 0.15) is 38.4 Å². The zero-order valence-electron chi connectivity index (χ0n) is 26.6. The molecule has 0 aliphatic rings. The number of fused-ring (bicyclic) bond motifs is 6. The summed E-state index contributed by atoms with van der Waals surface area (Å²) >= 11 is 0. The molecule has 6 N–H and O–H groups in total. The summed E-state index contributed by atoms with van der Waals surface area (Å²) in [5.74, 6) is -4.45. The third-order valence-corrected chi connectivity index (χ3v) is 9.35. The van der Waals surface area contributed by atoms with Gasteiger partial charge in [0.25, 0.3) is 0 Å². The first-order valence-electron chi connectivity index (χ1n) is 15.7. The molecule has 7 aromatic carbocycles. The minimum Gasteiger partial charge on any atom is -0.508 e. The van der Waals surface area contributed by atoms with Gasteiger partial charge in [-0.2, -0.15) is 0 Å². The fourth-order valence-electron chi connectivity index (χ4n) is 7.02. The Kier molecular flexibility index (Phi) is 6.98. The van der Waals surface area contributed by atoms with E-state index in [1.807, 2.05) is 79.8 Å². The molecule has 0 saturated carbocycles. The Morgan fingerprint density at radius 3 is 1.82 bits per heavy atom. The second kappa shape index (κ2) is 11.3. The van der Waals surface area contributed by atoms with Gasteiger partial charge < -0.3 is 35.1 Å². The number of phenols is 6. The molecule has 0 fully saturated rings. The lowest BCUT2D eigenvalue weighted by molar-refractivity contribution is 0.351. The van der Waals surface area contributed by atoms with Crippen molar-refractivity contribution in [2.75, 3.05) is 0 Å². The van der Waals surface area contributed by atoms with Gasteiger partial charge in [0.2, 0.25) is 11.5 Å². The molecule has 4 radical (unpaired) electrons. The zero-order valence-corrected chi connectivity index (χ0v) is 26.6. The van der Waals surface area contributed by atoms with E-state index >= 15 is 0 Å². The molecule has 0 unspecified atom stereocenters. The van der Waals surface area contributed by atoms with Crippen molar-refractivity contribution in [2.45, 2.75) is 6.92 Å². The Labute approximate surface area is 287 Å². The average Bonchev–Trinajstić information content (AvgIpc) is 3.50. The smallest absolute Gasteiger partial charge is 0.204 e. The molecule has 8 rings (SSSR count). The Balaban J connectivity index is 1.60. The highest BCUT2D eigenvalue weighted by Crippen LogP contribution is 2.59. The molecule has 50 heavy (non-hydrogen) atoms. The number of hydrogen-bond acceptors (Lipinski definition) is 7. The van der Waals surface area contributed by atoms with Gasteiger partial charge in [0, 0.05) is 43.4 Å². The maximum Gasteiger partial charge on any atom is 0.204 e. The van der Waals surface area contributed by atoms with E-state index in [9.17, 15) is 30.6 Å². The second-order valence-electron chi connectivity index (χ2n) is 12.1. The van der Waals surface area contributed by atoms with E-state index in [-0.39, 0.29) is 43.6 Å². The summed E-state index contributed by atoms with van der Waals surface area (Å²) in [6, 6.07) is 23.8. The Bertz CT molecular complexity index is 2730. The van der Waals surface area contributed by atoms with Crippen molar-refractivity contribution in [1.29, 1.82) is 0 Å². The van der Waals surface area contributed by atoms with Crippen LogP contribution in [0.25, 0.3) is 82.6 Å². The molecule has 1 heterocycles. The maximum atomic E-state index is 11.8. The molecule has 9 heteroatoms. The summed E-state index contributed by atoms with van der Waals surface area (Å²) in [4.78, 5) is 0. The van der Waals surface area contributed by atoms with Gasteiger partial charge in [-0.05, 0) is 58.7 Å². The minimum absolute atomic E-state index is 0.00129. The van der Waals surface area contributed by atoms with Gasteiger partial charge >= 0.3 is 0 Å². The van der Waals surface area contributed by atoms with Crippen LogP contribution in [0.15, 0.2) is 102 Å². The quantitative estimate of drug-likeness (QED) is 0.0376. The van der Waals surface area contributed by atoms with E-state index in [1.54, 1.807) is 30.3 Å². The first-order chi connectivity index (χ1) is 24.1. The number of rotatable bonds is 4. The highest BCUT2D eigenvalue weighted by atomic mass is 16.3. The van der Waals surface area contributed by atoms with Gasteiger partial charge in [0.05, 0.1) is 0 Å². The molecule has 7 nitrogen and oxygen atoms in total. The van der Waals surface area contributed by atoms with Crippen molar-refractivity contribution in [2.24, 2.45) is 0 Å². The number of hydrogen-bond donors (Lipinski definition) is 6. The first-order valence-corrected chi connectivity index (χ1v) is 15.7. The van der Waals surface area contributed by atoms with Crippen LogP contribution in [-0.2, 0) is 0 Å². The number of phenolic OH excluding ortho intramolecular Hbond substituents is 6. The summed E-state index contributed by atoms with van der Waals surface area (Å²) in [5, 5.41) is 71.5. The third-order valence-electron chi connectivity index (χ3n) is 9.35. The van der Waals surface area contributed by atoms with Crippen LogP contribution in [0.3, 0.4) is 0 Å². The number of benzene rings is 7. The monoisotopic (exact) mass is 652 g/mol. The molecule has 0 saturated heterocycles. The topological polar surface area (TPSA) is 135 Å². The van der Waals surface area contributed by atoms with Crippen LogP contribution in [0.4, 0.5) is 0 Å². The highest BCUT2D eigenvalue weighted by Gasteiger charge is 2.31. The summed E-state index contributed by atoms with van der Waals surface area (Å²) < 4.78 is 6.15. The largest absolute Gasteiger partial charge is 0.508 e. The highest BCUT2D eigenvalue weighted by molar-refractivity contribution is 6.54. The van der Waals surface area contributed by atoms with E-state index in [4.69, 9.17) is 20.1 Å². The van der Waals surface area contributed by atoms with Gasteiger partial charge in [-0.3, -0.25) is 0 Å². The predicted octanol–water partition coefficient (Wildman–Crippen LogP) is 7.79. The van der Waals surface area contributed by atoms with Gasteiger partial charge in [-0.15, -0.1) is 0 Å². The Hall–Kier alpha value is -6.47. The van der Waals surface area contributed by atoms with Crippen LogP contribution in [0, 0.1) is 0 Å². The maximum absolute atomic E-state index is 11.8. The van der Waals surface area contributed by atoms with Crippen LogP contribution in [0.1, 0.15) is 12.5 Å². The van der Waals surface area contributed by atoms with Crippen molar-refractivity contribution in [3.63, 3.8) is 0 Å². The number of furan rings is 1. The SMILES string of the molecule is [B]c1c([B])c(O)c2c(-c3cccc4ccccc34)c3c(O)c(O)c(O)c(O)c3c(-c3ccc4oc5ccc(/C=C\C=C/C)cc5c4c3)c2c1O. The molecule has 0 spiro atoms. The van der Waals surface area contributed by atoms with Gasteiger partial charge in [0.15, 0.2) is 11.5 Å². The summed E-state index contributed by atoms with van der Waals surface area (Å²) in [5.41, 5.74) is 2.60. The molecule has 1 aromatic heterocycles. The van der Waals surface area contributed by atoms with E-state index in [2.05, 4.69) is 0 Å². The predicted molar refractivity (Wildman–Crippen MR) is 202 cm³/mol. The zero-order chi connectivity index (χ0) is 35.0. The van der Waals surface area contributed by atoms with Gasteiger partial charge in [-0.25, -0.2) is 0 Å². The molecule has 0 atom stereocenters. The standard InChI is InChI=1S/C41H26B2O7/c1-2-3-4-8-19-13-15-26-24(17-19)25-18-21(14-16-27(25)50-26)28-30-32(37(45)35(43)34(42)36(30)44)29(23-12-7-10-20-9-5-6-11-22(20)23)33-31(28)38(46)40(48)41(49)39(33)47/h2-18,44-49H,1H3/b3-2-,8-4-. The Morgan fingerprint density at radius 1 is 0.540 bits per heavy atom. The minimum atomic E-state index is -0.973. The molecular weight excluding hydrogens is 626 g/mol. The van der Waals surface area contributed by atoms with Crippen molar-refractivity contribution in [3.8, 4) is 56.8 Å². The number of aromatic hydroxyl groups is 6. The molecule has 0 amide bonds. The van der Waals surface area contributed by atoms with Crippen molar-refractivity contribution in [1.82, 2.24) is 0 Å². The van der Waals surface area contributed by atoms with Gasteiger partial charge in [-0.1, -0.05) is 89.8 Å². The molecule has 0 bridgehead atoms. The average molecular weight is 652 g/mol. The number of allylic oxidation sites excluding steroid dienone is 3. The van der Waals surface area contributed by atoms with E-state index < -0.39 is 34.5 Å². The first kappa shape index (κ1) is 30.8. The molecule has 0 aliphatic heterocycles. The van der Waals surface area contributed by atoms with Crippen molar-refractivity contribution < 1.29 is 35.1 Å². The van der Waals surface area contributed by atoms with E-state index in [0.717, 1.165) is 16.3 Å². The third kappa shape index (κ3) is 4.33. The summed E-state index contributed by atoms with van der Waals surface area (Å²) in [6.45, 7) is 1.93. The van der Waals surface area contributed by atoms with E-state index in [1.165, 1.54) is 0 Å². The van der Waals surface area contributed by atoms with Crippen molar-refractivity contribution >= 4 is 87.0 Å². The fraction of sp³-hybridized carbons (Fsp3) is 0.0244. The van der Waals surface area contributed by atoms with Crippen LogP contribution in [-0.4, -0.2) is 46.3 Å². The Morgan fingerprint density at radius 2 is 1.12 bits per heavy atom. The van der Waals surface area contributed by atoms with Crippen LogP contribution >= 0.6 is 0 Å². The lowest BCUT2D eigenvalue weighted by Gasteiger charge is -2.24. The normalized spacial score (nSPS) is 12.2. The lowest BCUT2D eigenvalue weighted by atomic mass is 9.74. The lowest BCUT2D eigenvalue weighted by Crippen LogP contribution is -2.26. The molecule has 0 aliphatic carbocycles.